The largest absolute Gasteiger partial charge is 0.355 e. The first-order valence-corrected chi connectivity index (χ1v) is 9.54. The van der Waals surface area contributed by atoms with Gasteiger partial charge in [0.1, 0.15) is 0 Å². The van der Waals surface area contributed by atoms with Crippen LogP contribution in [0.25, 0.3) is 0 Å². The van der Waals surface area contributed by atoms with E-state index >= 15 is 0 Å². The van der Waals surface area contributed by atoms with Crippen molar-refractivity contribution in [3.63, 3.8) is 0 Å². The second-order valence-corrected chi connectivity index (χ2v) is 7.37. The number of nitrogens with one attached hydrogen (secondary N) is 1. The molecular weight excluding hydrogens is 290 g/mol. The summed E-state index contributed by atoms with van der Waals surface area (Å²) >= 11 is 1.89. The van der Waals surface area contributed by atoms with E-state index < -0.39 is 0 Å². The van der Waals surface area contributed by atoms with Crippen molar-refractivity contribution in [2.24, 2.45) is 10.9 Å². The molecule has 22 heavy (non-hydrogen) atoms. The Morgan fingerprint density at radius 1 is 1.32 bits per heavy atom. The summed E-state index contributed by atoms with van der Waals surface area (Å²) in [5.74, 6) is 1.88. The summed E-state index contributed by atoms with van der Waals surface area (Å²) in [6.45, 7) is 5.46. The molecule has 4 heteroatoms. The van der Waals surface area contributed by atoms with E-state index in [1.165, 1.54) is 24.8 Å². The normalized spacial score (nSPS) is 18.3. The zero-order valence-electron chi connectivity index (χ0n) is 14.1. The molecule has 2 rings (SSSR count). The lowest BCUT2D eigenvalue weighted by atomic mass is 9.90. The van der Waals surface area contributed by atoms with Crippen molar-refractivity contribution >= 4 is 17.7 Å². The van der Waals surface area contributed by atoms with Gasteiger partial charge < -0.3 is 10.2 Å². The summed E-state index contributed by atoms with van der Waals surface area (Å²) in [5, 5.41) is 4.13. The molecule has 0 aromatic heterocycles. The number of nitrogens with zero attached hydrogens (tertiary/aromatic N) is 2. The average Bonchev–Trinajstić information content (AvgIpc) is 2.57. The van der Waals surface area contributed by atoms with Crippen LogP contribution < -0.4 is 5.32 Å². The Morgan fingerprint density at radius 3 is 2.59 bits per heavy atom. The van der Waals surface area contributed by atoms with Gasteiger partial charge in [0.15, 0.2) is 5.96 Å². The van der Waals surface area contributed by atoms with Crippen molar-refractivity contribution in [3.05, 3.63) is 35.9 Å². The van der Waals surface area contributed by atoms with E-state index in [0.717, 1.165) is 31.5 Å². The van der Waals surface area contributed by atoms with E-state index in [9.17, 15) is 0 Å². The lowest BCUT2D eigenvalue weighted by molar-refractivity contribution is 0.259. The van der Waals surface area contributed by atoms with Crippen LogP contribution in [0, 0.1) is 5.92 Å². The van der Waals surface area contributed by atoms with E-state index in [1.807, 2.05) is 18.8 Å². The number of aliphatic imine (C=N–C) groups is 1. The highest BCUT2D eigenvalue weighted by Gasteiger charge is 2.21. The van der Waals surface area contributed by atoms with Crippen molar-refractivity contribution in [2.45, 2.75) is 31.4 Å². The van der Waals surface area contributed by atoms with Gasteiger partial charge in [-0.05, 0) is 37.0 Å². The molecule has 1 atom stereocenters. The van der Waals surface area contributed by atoms with Crippen molar-refractivity contribution < 1.29 is 0 Å². The predicted octanol–water partition coefficient (Wildman–Crippen LogP) is 3.27. The molecule has 0 saturated carbocycles. The summed E-state index contributed by atoms with van der Waals surface area (Å²) in [6, 6.07) is 10.9. The molecule has 1 aromatic carbocycles. The Bertz CT molecular complexity index is 453. The van der Waals surface area contributed by atoms with Crippen LogP contribution in [0.5, 0.6) is 0 Å². The van der Waals surface area contributed by atoms with Gasteiger partial charge in [0.2, 0.25) is 0 Å². The second-order valence-electron chi connectivity index (χ2n) is 6.09. The number of guanidine groups is 1. The Hall–Kier alpha value is -1.16. The molecule has 0 amide bonds. The van der Waals surface area contributed by atoms with Crippen molar-refractivity contribution in [3.8, 4) is 0 Å². The Balaban J connectivity index is 1.78. The van der Waals surface area contributed by atoms with Gasteiger partial charge in [-0.3, -0.25) is 4.99 Å². The number of benzene rings is 1. The van der Waals surface area contributed by atoms with Gasteiger partial charge in [-0.1, -0.05) is 37.3 Å². The fourth-order valence-electron chi connectivity index (χ4n) is 2.95. The molecule has 1 aliphatic heterocycles. The molecule has 1 unspecified atom stereocenters. The van der Waals surface area contributed by atoms with Gasteiger partial charge in [0.25, 0.3) is 0 Å². The first-order chi connectivity index (χ1) is 10.7. The topological polar surface area (TPSA) is 27.6 Å². The van der Waals surface area contributed by atoms with Crippen LogP contribution in [0.4, 0.5) is 0 Å². The minimum atomic E-state index is 0.618. The number of likely N-dealkylation sites (tertiary alicyclic amines) is 1. The van der Waals surface area contributed by atoms with Crippen LogP contribution in [0.2, 0.25) is 0 Å². The van der Waals surface area contributed by atoms with Crippen molar-refractivity contribution in [1.82, 2.24) is 10.2 Å². The predicted molar refractivity (Wildman–Crippen MR) is 98.8 cm³/mol. The Morgan fingerprint density at radius 2 is 2.00 bits per heavy atom. The molecule has 0 bridgehead atoms. The van der Waals surface area contributed by atoms with E-state index in [4.69, 9.17) is 0 Å². The van der Waals surface area contributed by atoms with Gasteiger partial charge in [0, 0.05) is 31.9 Å². The lowest BCUT2D eigenvalue weighted by Crippen LogP contribution is -2.47. The monoisotopic (exact) mass is 319 g/mol. The summed E-state index contributed by atoms with van der Waals surface area (Å²) in [6.07, 6.45) is 5.88. The quantitative estimate of drug-likeness (QED) is 0.667. The first-order valence-electron chi connectivity index (χ1n) is 8.25. The lowest BCUT2D eigenvalue weighted by Gasteiger charge is -2.34. The summed E-state index contributed by atoms with van der Waals surface area (Å²) < 4.78 is 0. The maximum Gasteiger partial charge on any atom is 0.193 e. The standard InChI is InChI=1S/C18H29N3S/c1-15(22-3)14-20-18(19-2)21-11-9-17(10-12-21)13-16-7-5-4-6-8-16/h4-8,15,17H,9-14H2,1-3H3,(H,19,20). The van der Waals surface area contributed by atoms with Gasteiger partial charge in [0.05, 0.1) is 0 Å². The van der Waals surface area contributed by atoms with E-state index in [-0.39, 0.29) is 0 Å². The van der Waals surface area contributed by atoms with Gasteiger partial charge >= 0.3 is 0 Å². The third kappa shape index (κ3) is 5.24. The van der Waals surface area contributed by atoms with E-state index in [2.05, 4.69) is 58.7 Å². The van der Waals surface area contributed by atoms with E-state index in [0.29, 0.717) is 5.25 Å². The van der Waals surface area contributed by atoms with E-state index in [1.54, 1.807) is 0 Å². The van der Waals surface area contributed by atoms with Crippen LogP contribution >= 0.6 is 11.8 Å². The highest BCUT2D eigenvalue weighted by atomic mass is 32.2. The Labute approximate surface area is 139 Å². The first kappa shape index (κ1) is 17.2. The van der Waals surface area contributed by atoms with Crippen LogP contribution in [0.3, 0.4) is 0 Å². The molecule has 0 radical (unpaired) electrons. The zero-order chi connectivity index (χ0) is 15.8. The number of rotatable bonds is 5. The van der Waals surface area contributed by atoms with Crippen LogP contribution in [0.15, 0.2) is 35.3 Å². The SMILES string of the molecule is CN=C(NCC(C)SC)N1CCC(Cc2ccccc2)CC1. The van der Waals surface area contributed by atoms with Gasteiger partial charge in [-0.2, -0.15) is 11.8 Å². The minimum Gasteiger partial charge on any atom is -0.355 e. The molecule has 122 valence electrons. The molecule has 1 aromatic rings. The van der Waals surface area contributed by atoms with Crippen molar-refractivity contribution in [2.75, 3.05) is 32.9 Å². The number of hydrogen-bond acceptors (Lipinski definition) is 2. The van der Waals surface area contributed by atoms with Gasteiger partial charge in [-0.15, -0.1) is 0 Å². The molecule has 0 aliphatic carbocycles. The third-order valence-electron chi connectivity index (χ3n) is 4.44. The molecule has 1 N–H and O–H groups in total. The highest BCUT2D eigenvalue weighted by molar-refractivity contribution is 7.99. The maximum absolute atomic E-state index is 4.45. The zero-order valence-corrected chi connectivity index (χ0v) is 14.9. The fraction of sp³-hybridized carbons (Fsp3) is 0.611. The van der Waals surface area contributed by atoms with Crippen LogP contribution in [0.1, 0.15) is 25.3 Å². The molecule has 3 nitrogen and oxygen atoms in total. The minimum absolute atomic E-state index is 0.618. The van der Waals surface area contributed by atoms with Crippen molar-refractivity contribution in [1.29, 1.82) is 0 Å². The van der Waals surface area contributed by atoms with Crippen LogP contribution in [-0.2, 0) is 6.42 Å². The molecule has 1 fully saturated rings. The summed E-state index contributed by atoms with van der Waals surface area (Å²) in [5.41, 5.74) is 1.47. The maximum atomic E-state index is 4.45. The van der Waals surface area contributed by atoms with Crippen LogP contribution in [-0.4, -0.2) is 49.0 Å². The molecule has 1 saturated heterocycles. The third-order valence-corrected chi connectivity index (χ3v) is 5.41. The molecule has 1 aliphatic rings. The average molecular weight is 320 g/mol. The number of piperidine rings is 1. The van der Waals surface area contributed by atoms with Gasteiger partial charge in [-0.25, -0.2) is 0 Å². The fourth-order valence-corrected chi connectivity index (χ4v) is 3.20. The number of hydrogen-bond donors (Lipinski definition) is 1. The molecular formula is C18H29N3S. The number of thioether (sulfide) groups is 1. The smallest absolute Gasteiger partial charge is 0.193 e. The summed E-state index contributed by atoms with van der Waals surface area (Å²) in [4.78, 5) is 6.86. The highest BCUT2D eigenvalue weighted by Crippen LogP contribution is 2.21. The Kier molecular flexibility index (Phi) is 7.10. The molecule has 1 heterocycles. The summed E-state index contributed by atoms with van der Waals surface area (Å²) in [7, 11) is 1.89. The molecule has 0 spiro atoms. The second kappa shape index (κ2) is 9.09.